The Morgan fingerprint density at radius 1 is 1.78 bits per heavy atom. The van der Waals surface area contributed by atoms with Gasteiger partial charge in [-0.05, 0) is 11.2 Å². The first-order valence-electron chi connectivity index (χ1n) is 1.86. The standard InChI is InChI=1S/C2H7NO3S2.Na/c3-1-2-6-8(4,5)7;/h1-3H2,(H,4,5,7);/q;+1/p-1. The maximum absolute atomic E-state index is 9.93. The van der Waals surface area contributed by atoms with Crippen LogP contribution in [-0.2, 0) is 24.4 Å². The molecule has 1 atom stereocenters. The Morgan fingerprint density at radius 3 is 2.33 bits per heavy atom. The van der Waals surface area contributed by atoms with E-state index in [1.165, 1.54) is 0 Å². The van der Waals surface area contributed by atoms with Crippen LogP contribution >= 0.6 is 0 Å². The van der Waals surface area contributed by atoms with Gasteiger partial charge in [0.2, 0.25) is 0 Å². The van der Waals surface area contributed by atoms with Crippen LogP contribution in [0.1, 0.15) is 0 Å². The topological polar surface area (TPSA) is 75.4 Å². The van der Waals surface area contributed by atoms with Crippen molar-refractivity contribution in [3.8, 4) is 0 Å². The van der Waals surface area contributed by atoms with E-state index < -0.39 is 9.05 Å². The summed E-state index contributed by atoms with van der Waals surface area (Å²) in [5, 5.41) is 0. The summed E-state index contributed by atoms with van der Waals surface area (Å²) in [5.74, 6) is 0. The van der Waals surface area contributed by atoms with Crippen molar-refractivity contribution in [1.29, 1.82) is 0 Å². The van der Waals surface area contributed by atoms with Gasteiger partial charge in [0.15, 0.2) is 0 Å². The van der Waals surface area contributed by atoms with E-state index in [4.69, 9.17) is 5.73 Å². The van der Waals surface area contributed by atoms with Gasteiger partial charge in [0.05, 0.1) is 15.7 Å². The zero-order valence-electron chi connectivity index (χ0n) is 5.03. The molecule has 2 N–H and O–H groups in total. The summed E-state index contributed by atoms with van der Waals surface area (Å²) in [6.45, 7) is 0.127. The van der Waals surface area contributed by atoms with Crippen molar-refractivity contribution >= 4 is 20.2 Å². The van der Waals surface area contributed by atoms with E-state index in [2.05, 4.69) is 15.4 Å². The van der Waals surface area contributed by atoms with Gasteiger partial charge in [0, 0.05) is 6.54 Å². The number of hydrogen-bond donors (Lipinski definition) is 1. The second-order valence-corrected chi connectivity index (χ2v) is 3.30. The molecule has 0 saturated heterocycles. The molecule has 0 aromatic carbocycles. The van der Waals surface area contributed by atoms with Crippen molar-refractivity contribution in [2.24, 2.45) is 5.73 Å². The molecule has 0 amide bonds. The molecule has 0 bridgehead atoms. The van der Waals surface area contributed by atoms with E-state index in [0.29, 0.717) is 0 Å². The molecular weight excluding hydrogens is 173 g/mol. The third-order valence-corrected chi connectivity index (χ3v) is 1.09. The Kier molecular flexibility index (Phi) is 8.58. The largest absolute Gasteiger partial charge is 1.00 e. The fraction of sp³-hybridized carbons (Fsp3) is 1.00. The fourth-order valence-electron chi connectivity index (χ4n) is 0.150. The van der Waals surface area contributed by atoms with Crippen LogP contribution in [0.2, 0.25) is 0 Å². The van der Waals surface area contributed by atoms with Gasteiger partial charge in [-0.2, -0.15) is 0 Å². The zero-order valence-corrected chi connectivity index (χ0v) is 8.67. The van der Waals surface area contributed by atoms with Gasteiger partial charge in [-0.15, -0.1) is 0 Å². The summed E-state index contributed by atoms with van der Waals surface area (Å²) in [4.78, 5) is 0. The van der Waals surface area contributed by atoms with Gasteiger partial charge in [-0.1, -0.05) is 0 Å². The molecule has 0 rings (SSSR count). The number of nitrogens with two attached hydrogens (primary N) is 1. The minimum absolute atomic E-state index is 0. The Bertz CT molecular complexity index is 144. The molecule has 4 nitrogen and oxygen atoms in total. The molecule has 0 saturated carbocycles. The van der Waals surface area contributed by atoms with Gasteiger partial charge in [-0.25, -0.2) is 4.21 Å². The maximum atomic E-state index is 9.93. The molecule has 0 aliphatic carbocycles. The van der Waals surface area contributed by atoms with Gasteiger partial charge in [0.25, 0.3) is 0 Å². The molecule has 0 fully saturated rings. The van der Waals surface area contributed by atoms with E-state index >= 15 is 0 Å². The molecule has 0 aromatic rings. The van der Waals surface area contributed by atoms with Gasteiger partial charge in [0.1, 0.15) is 0 Å². The van der Waals surface area contributed by atoms with Crippen LogP contribution in [0.3, 0.4) is 0 Å². The van der Waals surface area contributed by atoms with E-state index in [0.717, 1.165) is 0 Å². The second-order valence-electron chi connectivity index (χ2n) is 1.02. The normalized spacial score (nSPS) is 15.8. The smallest absolute Gasteiger partial charge is 0.748 e. The molecule has 0 aromatic heterocycles. The molecule has 0 aliphatic heterocycles. The molecule has 9 heavy (non-hydrogen) atoms. The van der Waals surface area contributed by atoms with Crippen molar-refractivity contribution in [2.75, 3.05) is 13.2 Å². The third kappa shape index (κ3) is 12.4. The molecule has 1 unspecified atom stereocenters. The number of hydrogen-bond acceptors (Lipinski definition) is 5. The van der Waals surface area contributed by atoms with Crippen molar-refractivity contribution in [3.63, 3.8) is 0 Å². The minimum atomic E-state index is -3.68. The van der Waals surface area contributed by atoms with Crippen LogP contribution in [0, 0.1) is 0 Å². The average molecular weight is 179 g/mol. The van der Waals surface area contributed by atoms with Crippen molar-refractivity contribution in [1.82, 2.24) is 0 Å². The minimum Gasteiger partial charge on any atom is -0.748 e. The predicted molar refractivity (Wildman–Crippen MR) is 31.3 cm³/mol. The summed E-state index contributed by atoms with van der Waals surface area (Å²) >= 11 is 3.84. The Morgan fingerprint density at radius 2 is 2.22 bits per heavy atom. The van der Waals surface area contributed by atoms with E-state index in [9.17, 15) is 8.76 Å². The van der Waals surface area contributed by atoms with E-state index in [1.807, 2.05) is 0 Å². The van der Waals surface area contributed by atoms with E-state index in [-0.39, 0.29) is 42.7 Å². The van der Waals surface area contributed by atoms with Crippen LogP contribution in [-0.4, -0.2) is 21.9 Å². The first-order valence-corrected chi connectivity index (χ1v) is 4.20. The van der Waals surface area contributed by atoms with Gasteiger partial charge < -0.3 is 10.3 Å². The van der Waals surface area contributed by atoms with Crippen LogP contribution < -0.4 is 35.3 Å². The van der Waals surface area contributed by atoms with Crippen LogP contribution in [0.5, 0.6) is 0 Å². The Labute approximate surface area is 81.1 Å². The van der Waals surface area contributed by atoms with Gasteiger partial charge in [-0.3, -0.25) is 4.18 Å². The first kappa shape index (κ1) is 12.9. The molecule has 0 heterocycles. The molecule has 0 radical (unpaired) electrons. The fourth-order valence-corrected chi connectivity index (χ4v) is 0.655. The zero-order chi connectivity index (χ0) is 6.62. The summed E-state index contributed by atoms with van der Waals surface area (Å²) < 4.78 is 23.9. The van der Waals surface area contributed by atoms with E-state index in [1.54, 1.807) is 0 Å². The molecule has 50 valence electrons. The Balaban J connectivity index is 0. The monoisotopic (exact) mass is 179 g/mol. The number of rotatable bonds is 3. The molecular formula is C2H6NNaO3S2. The first-order chi connectivity index (χ1) is 3.56. The molecule has 0 spiro atoms. The molecule has 7 heteroatoms. The van der Waals surface area contributed by atoms with Crippen LogP contribution in [0.4, 0.5) is 0 Å². The van der Waals surface area contributed by atoms with Crippen molar-refractivity contribution in [3.05, 3.63) is 0 Å². The van der Waals surface area contributed by atoms with Crippen molar-refractivity contribution < 1.29 is 42.5 Å². The average Bonchev–Trinajstić information content (AvgIpc) is 1.59. The summed E-state index contributed by atoms with van der Waals surface area (Å²) in [6, 6.07) is 0. The maximum Gasteiger partial charge on any atom is 1.00 e. The van der Waals surface area contributed by atoms with Gasteiger partial charge >= 0.3 is 29.6 Å². The SMILES string of the molecule is NCCOS(=O)([O-])=S.[Na+]. The predicted octanol–water partition coefficient (Wildman–Crippen LogP) is -4.24. The second kappa shape index (κ2) is 5.99. The quantitative estimate of drug-likeness (QED) is 0.444. The summed E-state index contributed by atoms with van der Waals surface area (Å²) in [6.07, 6.45) is 0. The summed E-state index contributed by atoms with van der Waals surface area (Å²) in [5.41, 5.74) is 4.90. The van der Waals surface area contributed by atoms with Crippen LogP contribution in [0.15, 0.2) is 0 Å². The van der Waals surface area contributed by atoms with Crippen LogP contribution in [0.25, 0.3) is 0 Å². The molecule has 0 aliphatic rings. The third-order valence-electron chi connectivity index (χ3n) is 0.346. The summed E-state index contributed by atoms with van der Waals surface area (Å²) in [7, 11) is -3.68. The van der Waals surface area contributed by atoms with Crippen molar-refractivity contribution in [2.45, 2.75) is 0 Å². The Hall–Kier alpha value is 1.25.